The SMILES string of the molecule is CCC1(C)CCSC(Nc2ccc(C)cc2F)=N1. The summed E-state index contributed by atoms with van der Waals surface area (Å²) in [5.41, 5.74) is 1.43. The van der Waals surface area contributed by atoms with E-state index < -0.39 is 0 Å². The van der Waals surface area contributed by atoms with Gasteiger partial charge in [-0.15, -0.1) is 0 Å². The van der Waals surface area contributed by atoms with Gasteiger partial charge in [0.15, 0.2) is 5.17 Å². The molecule has 0 bridgehead atoms. The van der Waals surface area contributed by atoms with Gasteiger partial charge in [0.1, 0.15) is 5.82 Å². The van der Waals surface area contributed by atoms with Crippen molar-refractivity contribution in [2.75, 3.05) is 11.1 Å². The Kier molecular flexibility index (Phi) is 3.95. The fourth-order valence-electron chi connectivity index (χ4n) is 1.86. The summed E-state index contributed by atoms with van der Waals surface area (Å²) in [7, 11) is 0. The van der Waals surface area contributed by atoms with E-state index in [-0.39, 0.29) is 11.4 Å². The number of aryl methyl sites for hydroxylation is 1. The molecule has 0 aromatic heterocycles. The Balaban J connectivity index is 2.18. The molecule has 1 aliphatic heterocycles. The zero-order valence-electron chi connectivity index (χ0n) is 11.1. The van der Waals surface area contributed by atoms with Gasteiger partial charge in [0, 0.05) is 5.75 Å². The van der Waals surface area contributed by atoms with Crippen molar-refractivity contribution in [3.63, 3.8) is 0 Å². The molecule has 0 saturated carbocycles. The minimum Gasteiger partial charge on any atom is -0.333 e. The van der Waals surface area contributed by atoms with E-state index in [1.807, 2.05) is 13.0 Å². The zero-order chi connectivity index (χ0) is 13.2. The first-order valence-corrected chi connectivity index (χ1v) is 7.27. The van der Waals surface area contributed by atoms with Crippen molar-refractivity contribution in [3.8, 4) is 0 Å². The van der Waals surface area contributed by atoms with Crippen LogP contribution in [0.25, 0.3) is 0 Å². The molecule has 1 aromatic carbocycles. The van der Waals surface area contributed by atoms with Gasteiger partial charge in [-0.25, -0.2) is 4.39 Å². The first-order chi connectivity index (χ1) is 8.52. The maximum Gasteiger partial charge on any atom is 0.161 e. The molecule has 1 heterocycles. The monoisotopic (exact) mass is 266 g/mol. The number of amidine groups is 1. The van der Waals surface area contributed by atoms with E-state index in [0.717, 1.165) is 29.3 Å². The van der Waals surface area contributed by atoms with Crippen molar-refractivity contribution in [1.82, 2.24) is 0 Å². The Morgan fingerprint density at radius 1 is 1.50 bits per heavy atom. The van der Waals surface area contributed by atoms with E-state index in [4.69, 9.17) is 4.99 Å². The van der Waals surface area contributed by atoms with E-state index >= 15 is 0 Å². The van der Waals surface area contributed by atoms with E-state index in [1.54, 1.807) is 17.8 Å². The quantitative estimate of drug-likeness (QED) is 0.867. The maximum absolute atomic E-state index is 13.8. The summed E-state index contributed by atoms with van der Waals surface area (Å²) in [6, 6.07) is 5.21. The summed E-state index contributed by atoms with van der Waals surface area (Å²) in [4.78, 5) is 4.69. The normalized spacial score (nSPS) is 23.7. The molecule has 1 unspecified atom stereocenters. The molecule has 1 atom stereocenters. The van der Waals surface area contributed by atoms with Crippen LogP contribution in [0.2, 0.25) is 0 Å². The Bertz CT molecular complexity index is 473. The highest BCUT2D eigenvalue weighted by molar-refractivity contribution is 8.14. The summed E-state index contributed by atoms with van der Waals surface area (Å²) in [6.45, 7) is 6.18. The van der Waals surface area contributed by atoms with Crippen molar-refractivity contribution in [3.05, 3.63) is 29.6 Å². The number of halogens is 1. The number of hydrogen-bond donors (Lipinski definition) is 1. The molecule has 0 saturated heterocycles. The Labute approximate surface area is 112 Å². The van der Waals surface area contributed by atoms with Crippen LogP contribution in [0.4, 0.5) is 10.1 Å². The smallest absolute Gasteiger partial charge is 0.161 e. The minimum atomic E-state index is -0.220. The molecule has 2 rings (SSSR count). The number of nitrogens with one attached hydrogen (secondary N) is 1. The van der Waals surface area contributed by atoms with E-state index in [1.165, 1.54) is 6.07 Å². The van der Waals surface area contributed by atoms with Crippen LogP contribution in [0.15, 0.2) is 23.2 Å². The lowest BCUT2D eigenvalue weighted by Gasteiger charge is -2.29. The van der Waals surface area contributed by atoms with E-state index in [9.17, 15) is 4.39 Å². The third-order valence-electron chi connectivity index (χ3n) is 3.38. The van der Waals surface area contributed by atoms with Gasteiger partial charge >= 0.3 is 0 Å². The van der Waals surface area contributed by atoms with Gasteiger partial charge in [-0.3, -0.25) is 4.99 Å². The topological polar surface area (TPSA) is 24.4 Å². The highest BCUT2D eigenvalue weighted by Crippen LogP contribution is 2.30. The van der Waals surface area contributed by atoms with Crippen LogP contribution in [0.3, 0.4) is 0 Å². The second-order valence-electron chi connectivity index (χ2n) is 4.97. The fourth-order valence-corrected chi connectivity index (χ4v) is 3.06. The van der Waals surface area contributed by atoms with Crippen LogP contribution in [0.5, 0.6) is 0 Å². The van der Waals surface area contributed by atoms with Crippen LogP contribution in [0.1, 0.15) is 32.3 Å². The summed E-state index contributed by atoms with van der Waals surface area (Å²) in [5.74, 6) is 0.811. The standard InChI is InChI=1S/C14H19FN2S/c1-4-14(3)7-8-18-13(17-14)16-12-6-5-10(2)9-11(12)15/h5-6,9H,4,7-8H2,1-3H3,(H,16,17). The Morgan fingerprint density at radius 2 is 2.28 bits per heavy atom. The molecule has 1 aliphatic rings. The average molecular weight is 266 g/mol. The van der Waals surface area contributed by atoms with Gasteiger partial charge in [-0.1, -0.05) is 24.8 Å². The maximum atomic E-state index is 13.8. The lowest BCUT2D eigenvalue weighted by Crippen LogP contribution is -2.29. The second kappa shape index (κ2) is 5.31. The molecule has 0 aliphatic carbocycles. The predicted molar refractivity (Wildman–Crippen MR) is 78.0 cm³/mol. The van der Waals surface area contributed by atoms with Crippen LogP contribution in [0, 0.1) is 12.7 Å². The molecule has 0 radical (unpaired) electrons. The van der Waals surface area contributed by atoms with Gasteiger partial charge in [-0.05, 0) is 44.4 Å². The van der Waals surface area contributed by atoms with Crippen LogP contribution in [-0.4, -0.2) is 16.5 Å². The molecule has 0 amide bonds. The largest absolute Gasteiger partial charge is 0.333 e. The summed E-state index contributed by atoms with van der Waals surface area (Å²) in [5, 5.41) is 3.93. The highest BCUT2D eigenvalue weighted by atomic mass is 32.2. The van der Waals surface area contributed by atoms with Gasteiger partial charge in [-0.2, -0.15) is 0 Å². The van der Waals surface area contributed by atoms with Gasteiger partial charge in [0.25, 0.3) is 0 Å². The zero-order valence-corrected chi connectivity index (χ0v) is 11.9. The Hall–Kier alpha value is -1.03. The molecular weight excluding hydrogens is 247 g/mol. The fraction of sp³-hybridized carbons (Fsp3) is 0.500. The molecular formula is C14H19FN2S. The lowest BCUT2D eigenvalue weighted by atomic mass is 9.97. The van der Waals surface area contributed by atoms with Crippen molar-refractivity contribution >= 4 is 22.6 Å². The van der Waals surface area contributed by atoms with Crippen molar-refractivity contribution in [2.24, 2.45) is 4.99 Å². The number of rotatable bonds is 2. The molecule has 1 aromatic rings. The van der Waals surface area contributed by atoms with Crippen molar-refractivity contribution in [1.29, 1.82) is 0 Å². The summed E-state index contributed by atoms with van der Waals surface area (Å²) in [6.07, 6.45) is 2.09. The van der Waals surface area contributed by atoms with Gasteiger partial charge < -0.3 is 5.32 Å². The van der Waals surface area contributed by atoms with E-state index in [0.29, 0.717) is 5.69 Å². The first-order valence-electron chi connectivity index (χ1n) is 6.28. The second-order valence-corrected chi connectivity index (χ2v) is 6.06. The number of thioether (sulfide) groups is 1. The van der Waals surface area contributed by atoms with Crippen LogP contribution < -0.4 is 5.32 Å². The van der Waals surface area contributed by atoms with Crippen molar-refractivity contribution < 1.29 is 4.39 Å². The Morgan fingerprint density at radius 3 is 2.94 bits per heavy atom. The van der Waals surface area contributed by atoms with E-state index in [2.05, 4.69) is 19.2 Å². The predicted octanol–water partition coefficient (Wildman–Crippen LogP) is 4.21. The molecule has 4 heteroatoms. The van der Waals surface area contributed by atoms with Crippen LogP contribution >= 0.6 is 11.8 Å². The first kappa shape index (κ1) is 13.4. The molecule has 98 valence electrons. The summed E-state index contributed by atoms with van der Waals surface area (Å²) < 4.78 is 13.8. The molecule has 1 N–H and O–H groups in total. The third-order valence-corrected chi connectivity index (χ3v) is 4.25. The average Bonchev–Trinajstić information content (AvgIpc) is 2.33. The number of benzene rings is 1. The third kappa shape index (κ3) is 3.05. The van der Waals surface area contributed by atoms with Crippen molar-refractivity contribution in [2.45, 2.75) is 39.2 Å². The van der Waals surface area contributed by atoms with Gasteiger partial charge in [0.05, 0.1) is 11.2 Å². The number of hydrogen-bond acceptors (Lipinski definition) is 3. The molecule has 0 spiro atoms. The van der Waals surface area contributed by atoms with Crippen LogP contribution in [-0.2, 0) is 0 Å². The molecule has 18 heavy (non-hydrogen) atoms. The van der Waals surface area contributed by atoms with Gasteiger partial charge in [0.2, 0.25) is 0 Å². The number of nitrogens with zero attached hydrogens (tertiary/aromatic N) is 1. The lowest BCUT2D eigenvalue weighted by molar-refractivity contribution is 0.443. The molecule has 0 fully saturated rings. The minimum absolute atomic E-state index is 0.00520. The molecule has 2 nitrogen and oxygen atoms in total. The summed E-state index contributed by atoms with van der Waals surface area (Å²) >= 11 is 1.66. The highest BCUT2D eigenvalue weighted by Gasteiger charge is 2.26. The number of anilines is 1. The number of aliphatic imine (C=N–C) groups is 1.